The van der Waals surface area contributed by atoms with Gasteiger partial charge in [0.15, 0.2) is 0 Å². The molecule has 0 radical (unpaired) electrons. The van der Waals surface area contributed by atoms with Crippen LogP contribution in [0, 0.1) is 0 Å². The van der Waals surface area contributed by atoms with Crippen molar-refractivity contribution in [2.75, 3.05) is 13.7 Å². The Morgan fingerprint density at radius 3 is 2.30 bits per heavy atom. The molecule has 0 amide bonds. The molecule has 4 nitrogen and oxygen atoms in total. The number of benzene rings is 2. The van der Waals surface area contributed by atoms with Crippen molar-refractivity contribution < 1.29 is 14.0 Å². The maximum atomic E-state index is 5.45. The van der Waals surface area contributed by atoms with Gasteiger partial charge in [-0.25, -0.2) is 0 Å². The van der Waals surface area contributed by atoms with E-state index in [0.717, 1.165) is 34.1 Å². The molecule has 0 saturated heterocycles. The van der Waals surface area contributed by atoms with E-state index in [2.05, 4.69) is 5.16 Å². The van der Waals surface area contributed by atoms with Crippen LogP contribution in [0.1, 0.15) is 18.2 Å². The quantitative estimate of drug-likeness (QED) is 0.679. The molecule has 3 rings (SSSR count). The number of aromatic nitrogens is 1. The average Bonchev–Trinajstić information content (AvgIpc) is 3.05. The molecule has 0 atom stereocenters. The van der Waals surface area contributed by atoms with Crippen LogP contribution in [-0.4, -0.2) is 18.9 Å². The van der Waals surface area contributed by atoms with E-state index in [-0.39, 0.29) is 0 Å². The van der Waals surface area contributed by atoms with E-state index in [1.165, 1.54) is 0 Å². The summed E-state index contributed by atoms with van der Waals surface area (Å²) in [5.41, 5.74) is 3.00. The number of hydrogen-bond acceptors (Lipinski definition) is 4. The summed E-state index contributed by atoms with van der Waals surface area (Å²) in [5, 5.41) is 4.15. The van der Waals surface area contributed by atoms with Gasteiger partial charge < -0.3 is 14.0 Å². The Bertz CT molecular complexity index is 745. The van der Waals surface area contributed by atoms with Crippen molar-refractivity contribution in [3.63, 3.8) is 0 Å². The predicted octanol–water partition coefficient (Wildman–Crippen LogP) is 4.34. The van der Waals surface area contributed by atoms with E-state index in [0.29, 0.717) is 13.0 Å². The van der Waals surface area contributed by atoms with Crippen LogP contribution in [-0.2, 0) is 6.42 Å². The molecule has 0 fully saturated rings. The highest BCUT2D eigenvalue weighted by atomic mass is 16.5. The van der Waals surface area contributed by atoms with Crippen LogP contribution < -0.4 is 9.47 Å². The highest BCUT2D eigenvalue weighted by molar-refractivity contribution is 5.60. The molecule has 2 aromatic carbocycles. The van der Waals surface area contributed by atoms with Gasteiger partial charge in [-0.2, -0.15) is 0 Å². The first-order chi connectivity index (χ1) is 11.3. The maximum Gasteiger partial charge on any atom is 0.141 e. The van der Waals surface area contributed by atoms with Gasteiger partial charge in [-0.15, -0.1) is 0 Å². The largest absolute Gasteiger partial charge is 0.497 e. The smallest absolute Gasteiger partial charge is 0.141 e. The molecular weight excluding hydrogens is 290 g/mol. The summed E-state index contributed by atoms with van der Waals surface area (Å²) in [6, 6.07) is 17.8. The highest BCUT2D eigenvalue weighted by Crippen LogP contribution is 2.23. The second-order valence-corrected chi connectivity index (χ2v) is 5.16. The lowest BCUT2D eigenvalue weighted by molar-refractivity contribution is 0.340. The Kier molecular flexibility index (Phi) is 4.62. The molecule has 0 aliphatic rings. The molecule has 1 aromatic heterocycles. The molecule has 4 heteroatoms. The molecule has 3 aromatic rings. The van der Waals surface area contributed by atoms with Crippen molar-refractivity contribution in [2.45, 2.75) is 13.3 Å². The molecule has 0 saturated carbocycles. The van der Waals surface area contributed by atoms with E-state index >= 15 is 0 Å². The molecule has 0 bridgehead atoms. The fourth-order valence-corrected chi connectivity index (χ4v) is 2.37. The van der Waals surface area contributed by atoms with Gasteiger partial charge >= 0.3 is 0 Å². The van der Waals surface area contributed by atoms with E-state index in [4.69, 9.17) is 14.0 Å². The Morgan fingerprint density at radius 2 is 1.65 bits per heavy atom. The van der Waals surface area contributed by atoms with Crippen LogP contribution in [0.4, 0.5) is 0 Å². The van der Waals surface area contributed by atoms with Crippen molar-refractivity contribution in [3.05, 3.63) is 65.9 Å². The van der Waals surface area contributed by atoms with Crippen LogP contribution in [0.15, 0.2) is 59.1 Å². The van der Waals surface area contributed by atoms with Crippen LogP contribution in [0.5, 0.6) is 11.5 Å². The Labute approximate surface area is 135 Å². The zero-order valence-corrected chi connectivity index (χ0v) is 13.3. The Balaban J connectivity index is 1.71. The van der Waals surface area contributed by atoms with Gasteiger partial charge in [-0.1, -0.05) is 17.3 Å². The summed E-state index contributed by atoms with van der Waals surface area (Å²) in [5.74, 6) is 2.54. The van der Waals surface area contributed by atoms with E-state index in [1.807, 2.05) is 61.5 Å². The standard InChI is InChI=1S/C19H19NO3/c1-3-22-17-10-6-15(7-11-17)19-13-18(23-20-19)12-14-4-8-16(21-2)9-5-14/h4-11,13H,3,12H2,1-2H3. The maximum absolute atomic E-state index is 5.45. The van der Waals surface area contributed by atoms with Crippen molar-refractivity contribution >= 4 is 0 Å². The zero-order valence-electron chi connectivity index (χ0n) is 13.3. The highest BCUT2D eigenvalue weighted by Gasteiger charge is 2.08. The second-order valence-electron chi connectivity index (χ2n) is 5.16. The van der Waals surface area contributed by atoms with Crippen LogP contribution in [0.3, 0.4) is 0 Å². The monoisotopic (exact) mass is 309 g/mol. The topological polar surface area (TPSA) is 44.5 Å². The van der Waals surface area contributed by atoms with Crippen molar-refractivity contribution in [2.24, 2.45) is 0 Å². The second kappa shape index (κ2) is 7.01. The molecule has 0 aliphatic heterocycles. The number of hydrogen-bond donors (Lipinski definition) is 0. The fraction of sp³-hybridized carbons (Fsp3) is 0.211. The lowest BCUT2D eigenvalue weighted by atomic mass is 10.1. The molecule has 0 N–H and O–H groups in total. The Hall–Kier alpha value is -2.75. The number of methoxy groups -OCH3 is 1. The van der Waals surface area contributed by atoms with Crippen molar-refractivity contribution in [3.8, 4) is 22.8 Å². The summed E-state index contributed by atoms with van der Waals surface area (Å²) >= 11 is 0. The van der Waals surface area contributed by atoms with Crippen LogP contribution >= 0.6 is 0 Å². The molecule has 118 valence electrons. The summed E-state index contributed by atoms with van der Waals surface area (Å²) in [4.78, 5) is 0. The molecule has 1 heterocycles. The van der Waals surface area contributed by atoms with E-state index < -0.39 is 0 Å². The molecular formula is C19H19NO3. The first kappa shape index (κ1) is 15.2. The predicted molar refractivity (Wildman–Crippen MR) is 88.9 cm³/mol. The van der Waals surface area contributed by atoms with Gasteiger partial charge in [0.1, 0.15) is 23.0 Å². The zero-order chi connectivity index (χ0) is 16.1. The number of nitrogens with zero attached hydrogens (tertiary/aromatic N) is 1. The summed E-state index contributed by atoms with van der Waals surface area (Å²) in [7, 11) is 1.66. The lowest BCUT2D eigenvalue weighted by Gasteiger charge is -2.02. The summed E-state index contributed by atoms with van der Waals surface area (Å²) in [6.07, 6.45) is 0.702. The molecule has 0 spiro atoms. The van der Waals surface area contributed by atoms with Gasteiger partial charge in [-0.05, 0) is 48.9 Å². The van der Waals surface area contributed by atoms with Crippen molar-refractivity contribution in [1.29, 1.82) is 0 Å². The minimum absolute atomic E-state index is 0.662. The normalized spacial score (nSPS) is 10.5. The fourth-order valence-electron chi connectivity index (χ4n) is 2.37. The Morgan fingerprint density at radius 1 is 0.957 bits per heavy atom. The van der Waals surface area contributed by atoms with Crippen molar-refractivity contribution in [1.82, 2.24) is 5.16 Å². The van der Waals surface area contributed by atoms with E-state index in [9.17, 15) is 0 Å². The van der Waals surface area contributed by atoms with Gasteiger partial charge in [0.2, 0.25) is 0 Å². The van der Waals surface area contributed by atoms with Gasteiger partial charge in [0.25, 0.3) is 0 Å². The molecule has 0 aliphatic carbocycles. The van der Waals surface area contributed by atoms with Gasteiger partial charge in [0, 0.05) is 18.1 Å². The number of ether oxygens (including phenoxy) is 2. The lowest BCUT2D eigenvalue weighted by Crippen LogP contribution is -1.90. The van der Waals surface area contributed by atoms with Crippen LogP contribution in [0.2, 0.25) is 0 Å². The SMILES string of the molecule is CCOc1ccc(-c2cc(Cc3ccc(OC)cc3)on2)cc1. The molecule has 23 heavy (non-hydrogen) atoms. The third-order valence-corrected chi connectivity index (χ3v) is 3.56. The number of rotatable bonds is 6. The third kappa shape index (κ3) is 3.72. The summed E-state index contributed by atoms with van der Waals surface area (Å²) in [6.45, 7) is 2.63. The molecule has 0 unspecified atom stereocenters. The van der Waals surface area contributed by atoms with Crippen LogP contribution in [0.25, 0.3) is 11.3 Å². The first-order valence-corrected chi connectivity index (χ1v) is 7.60. The first-order valence-electron chi connectivity index (χ1n) is 7.60. The van der Waals surface area contributed by atoms with Gasteiger partial charge in [-0.3, -0.25) is 0 Å². The van der Waals surface area contributed by atoms with E-state index in [1.54, 1.807) is 7.11 Å². The minimum atomic E-state index is 0.662. The van der Waals surface area contributed by atoms with Gasteiger partial charge in [0.05, 0.1) is 13.7 Å². The average molecular weight is 309 g/mol. The minimum Gasteiger partial charge on any atom is -0.497 e. The summed E-state index contributed by atoms with van der Waals surface area (Å²) < 4.78 is 16.1. The third-order valence-electron chi connectivity index (χ3n) is 3.56.